The van der Waals surface area contributed by atoms with Crippen LogP contribution in [0.4, 0.5) is 5.69 Å². The minimum absolute atomic E-state index is 0.127. The van der Waals surface area contributed by atoms with Gasteiger partial charge in [-0.3, -0.25) is 19.9 Å². The third-order valence-corrected chi connectivity index (χ3v) is 7.30. The van der Waals surface area contributed by atoms with Gasteiger partial charge in [0, 0.05) is 24.5 Å². The van der Waals surface area contributed by atoms with Gasteiger partial charge >= 0.3 is 0 Å². The summed E-state index contributed by atoms with van der Waals surface area (Å²) in [7, 11) is 0. The first-order chi connectivity index (χ1) is 12.5. The van der Waals surface area contributed by atoms with Crippen LogP contribution in [-0.4, -0.2) is 21.9 Å². The van der Waals surface area contributed by atoms with Crippen molar-refractivity contribution in [2.45, 2.75) is 47.3 Å². The minimum atomic E-state index is -0.501. The fourth-order valence-corrected chi connectivity index (χ4v) is 5.54. The second-order valence-electron chi connectivity index (χ2n) is 5.88. The summed E-state index contributed by atoms with van der Waals surface area (Å²) < 4.78 is 0.360. The Kier molecular flexibility index (Phi) is 6.39. The van der Waals surface area contributed by atoms with Crippen molar-refractivity contribution in [1.29, 1.82) is 0 Å². The molecule has 1 fully saturated rings. The van der Waals surface area contributed by atoms with Crippen LogP contribution < -0.4 is 5.32 Å². The molecule has 0 aromatic carbocycles. The molecule has 10 heteroatoms. The molecule has 3 rings (SSSR count). The number of nitrogens with one attached hydrogen (secondary N) is 1. The first-order valence-electron chi connectivity index (χ1n) is 8.01. The molecule has 6 nitrogen and oxygen atoms in total. The maximum absolute atomic E-state index is 12.5. The van der Waals surface area contributed by atoms with Crippen molar-refractivity contribution in [2.75, 3.05) is 0 Å². The number of carbonyl (C=O) groups is 1. The average Bonchev–Trinajstić information content (AvgIpc) is 3.04. The van der Waals surface area contributed by atoms with Gasteiger partial charge in [-0.2, -0.15) is 0 Å². The molecule has 0 atom stereocenters. The van der Waals surface area contributed by atoms with Crippen LogP contribution in [0.5, 0.6) is 0 Å². The van der Waals surface area contributed by atoms with E-state index < -0.39 is 4.92 Å². The van der Waals surface area contributed by atoms with Crippen LogP contribution in [0.15, 0.2) is 27.6 Å². The molecule has 138 valence electrons. The zero-order valence-electron chi connectivity index (χ0n) is 13.5. The van der Waals surface area contributed by atoms with E-state index in [9.17, 15) is 14.9 Å². The molecular formula is C16H15Cl2N3O3S2. The Morgan fingerprint density at radius 3 is 2.54 bits per heavy atom. The Balaban J connectivity index is 1.84. The van der Waals surface area contributed by atoms with Crippen LogP contribution in [0.25, 0.3) is 0 Å². The number of aromatic nitrogens is 1. The highest BCUT2D eigenvalue weighted by Gasteiger charge is 2.26. The smallest absolute Gasteiger partial charge is 0.294 e. The number of rotatable bonds is 5. The summed E-state index contributed by atoms with van der Waals surface area (Å²) in [5.74, 6) is -0.274. The normalized spacial score (nSPS) is 15.0. The number of thiophene rings is 1. The summed E-state index contributed by atoms with van der Waals surface area (Å²) in [6, 6.07) is 1.45. The van der Waals surface area contributed by atoms with Crippen molar-refractivity contribution < 1.29 is 9.72 Å². The Bertz CT molecular complexity index is 818. The predicted octanol–water partition coefficient (Wildman–Crippen LogP) is 5.57. The van der Waals surface area contributed by atoms with Gasteiger partial charge in [0.2, 0.25) is 0 Å². The second kappa shape index (κ2) is 8.56. The molecule has 0 spiro atoms. The molecule has 1 aliphatic rings. The van der Waals surface area contributed by atoms with E-state index in [0.717, 1.165) is 48.8 Å². The van der Waals surface area contributed by atoms with Crippen LogP contribution in [0.2, 0.25) is 10.0 Å². The summed E-state index contributed by atoms with van der Waals surface area (Å²) in [4.78, 5) is 28.0. The zero-order valence-corrected chi connectivity index (χ0v) is 16.7. The Hall–Kier alpha value is -1.35. The van der Waals surface area contributed by atoms with E-state index in [1.165, 1.54) is 24.9 Å². The third-order valence-electron chi connectivity index (χ3n) is 4.04. The van der Waals surface area contributed by atoms with E-state index in [-0.39, 0.29) is 17.6 Å². The lowest BCUT2D eigenvalue weighted by molar-refractivity contribution is -0.387. The number of nitro groups is 1. The van der Waals surface area contributed by atoms with Crippen LogP contribution in [0, 0.1) is 10.1 Å². The maximum atomic E-state index is 12.5. The SMILES string of the molecule is O=C(NC1CCCCC1)c1cc([N+](=O)[O-])c(Sc2c(Cl)cncc2Cl)s1. The van der Waals surface area contributed by atoms with Crippen molar-refractivity contribution in [3.63, 3.8) is 0 Å². The molecule has 2 aromatic rings. The number of halogens is 2. The number of hydrogen-bond acceptors (Lipinski definition) is 6. The van der Waals surface area contributed by atoms with Crippen LogP contribution >= 0.6 is 46.3 Å². The van der Waals surface area contributed by atoms with Crippen LogP contribution in [-0.2, 0) is 0 Å². The lowest BCUT2D eigenvalue weighted by Crippen LogP contribution is -2.35. The summed E-state index contributed by atoms with van der Waals surface area (Å²) in [6.07, 6.45) is 8.11. The summed E-state index contributed by atoms with van der Waals surface area (Å²) >= 11 is 14.3. The minimum Gasteiger partial charge on any atom is -0.349 e. The van der Waals surface area contributed by atoms with Crippen LogP contribution in [0.3, 0.4) is 0 Å². The van der Waals surface area contributed by atoms with Gasteiger partial charge in [0.05, 0.1) is 19.9 Å². The quantitative estimate of drug-likeness (QED) is 0.493. The average molecular weight is 432 g/mol. The highest BCUT2D eigenvalue weighted by Crippen LogP contribution is 2.45. The molecular weight excluding hydrogens is 417 g/mol. The second-order valence-corrected chi connectivity index (χ2v) is 9.03. The van der Waals surface area contributed by atoms with Gasteiger partial charge in [-0.1, -0.05) is 54.2 Å². The largest absolute Gasteiger partial charge is 0.349 e. The Morgan fingerprint density at radius 2 is 1.92 bits per heavy atom. The van der Waals surface area contributed by atoms with Gasteiger partial charge in [0.25, 0.3) is 11.6 Å². The monoisotopic (exact) mass is 431 g/mol. The molecule has 2 heterocycles. The summed E-state index contributed by atoms with van der Waals surface area (Å²) in [6.45, 7) is 0. The van der Waals surface area contributed by atoms with Crippen molar-refractivity contribution in [1.82, 2.24) is 10.3 Å². The molecule has 2 aromatic heterocycles. The molecule has 0 bridgehead atoms. The van der Waals surface area contributed by atoms with Crippen molar-refractivity contribution in [2.24, 2.45) is 0 Å². The third kappa shape index (κ3) is 4.49. The number of carbonyl (C=O) groups excluding carboxylic acids is 1. The van der Waals surface area contributed by atoms with Crippen LogP contribution in [0.1, 0.15) is 41.8 Å². The lowest BCUT2D eigenvalue weighted by atomic mass is 9.95. The number of hydrogen-bond donors (Lipinski definition) is 1. The van der Waals surface area contributed by atoms with E-state index in [1.54, 1.807) is 0 Å². The standard InChI is InChI=1S/C16H15Cl2N3O3S2/c17-10-7-19-8-11(18)14(10)26-16-12(21(23)24)6-13(25-16)15(22)20-9-4-2-1-3-5-9/h6-9H,1-5H2,(H,20,22). The van der Waals surface area contributed by atoms with E-state index >= 15 is 0 Å². The first-order valence-corrected chi connectivity index (χ1v) is 10.4. The van der Waals surface area contributed by atoms with Gasteiger partial charge in [0.15, 0.2) is 0 Å². The molecule has 1 aliphatic carbocycles. The van der Waals surface area contributed by atoms with Gasteiger partial charge in [-0.15, -0.1) is 11.3 Å². The van der Waals surface area contributed by atoms with E-state index in [1.807, 2.05) is 0 Å². The highest BCUT2D eigenvalue weighted by molar-refractivity contribution is 8.01. The van der Waals surface area contributed by atoms with Gasteiger partial charge in [-0.05, 0) is 12.8 Å². The Morgan fingerprint density at radius 1 is 1.27 bits per heavy atom. The van der Waals surface area contributed by atoms with E-state index in [2.05, 4.69) is 10.3 Å². The Labute approximate surface area is 168 Å². The van der Waals surface area contributed by atoms with Crippen molar-refractivity contribution >= 4 is 57.9 Å². The van der Waals surface area contributed by atoms with E-state index in [0.29, 0.717) is 24.0 Å². The fraction of sp³-hybridized carbons (Fsp3) is 0.375. The molecule has 1 amide bonds. The molecule has 26 heavy (non-hydrogen) atoms. The van der Waals surface area contributed by atoms with Gasteiger partial charge in [0.1, 0.15) is 9.09 Å². The zero-order chi connectivity index (χ0) is 18.7. The number of nitrogens with zero attached hydrogens (tertiary/aromatic N) is 2. The number of amides is 1. The molecule has 0 aliphatic heterocycles. The maximum Gasteiger partial charge on any atom is 0.294 e. The summed E-state index contributed by atoms with van der Waals surface area (Å²) in [5.41, 5.74) is -0.127. The molecule has 1 saturated carbocycles. The highest BCUT2D eigenvalue weighted by atomic mass is 35.5. The van der Waals surface area contributed by atoms with Crippen molar-refractivity contribution in [3.05, 3.63) is 43.5 Å². The fourth-order valence-electron chi connectivity index (χ4n) is 2.77. The predicted molar refractivity (Wildman–Crippen MR) is 104 cm³/mol. The van der Waals surface area contributed by atoms with Gasteiger partial charge < -0.3 is 5.32 Å². The molecule has 0 unspecified atom stereocenters. The van der Waals surface area contributed by atoms with Crippen molar-refractivity contribution in [3.8, 4) is 0 Å². The lowest BCUT2D eigenvalue weighted by Gasteiger charge is -2.22. The topological polar surface area (TPSA) is 85.1 Å². The molecule has 1 N–H and O–H groups in total. The number of pyridine rings is 1. The summed E-state index contributed by atoms with van der Waals surface area (Å²) in [5, 5.41) is 15.0. The first kappa shape index (κ1) is 19.4. The van der Waals surface area contributed by atoms with E-state index in [4.69, 9.17) is 23.2 Å². The molecule has 0 radical (unpaired) electrons. The molecule has 0 saturated heterocycles. The van der Waals surface area contributed by atoms with Gasteiger partial charge in [-0.25, -0.2) is 0 Å².